The van der Waals surface area contributed by atoms with Crippen molar-refractivity contribution in [3.63, 3.8) is 0 Å². The molecule has 0 aliphatic heterocycles. The summed E-state index contributed by atoms with van der Waals surface area (Å²) >= 11 is 0. The fourth-order valence-electron chi connectivity index (χ4n) is 1.82. The van der Waals surface area contributed by atoms with E-state index in [9.17, 15) is 4.79 Å². The van der Waals surface area contributed by atoms with E-state index in [1.807, 2.05) is 0 Å². The van der Waals surface area contributed by atoms with Crippen molar-refractivity contribution in [3.8, 4) is 0 Å². The van der Waals surface area contributed by atoms with Crippen LogP contribution in [0.3, 0.4) is 0 Å². The van der Waals surface area contributed by atoms with Crippen molar-refractivity contribution in [2.45, 2.75) is 6.92 Å². The summed E-state index contributed by atoms with van der Waals surface area (Å²) in [5.74, 6) is -0.129. The molecule has 106 valence electrons. The first kappa shape index (κ1) is 13.6. The zero-order chi connectivity index (χ0) is 14.9. The summed E-state index contributed by atoms with van der Waals surface area (Å²) in [6.07, 6.45) is 3.02. The van der Waals surface area contributed by atoms with Gasteiger partial charge in [0.1, 0.15) is 5.82 Å². The van der Waals surface area contributed by atoms with Gasteiger partial charge in [-0.15, -0.1) is 0 Å². The number of rotatable bonds is 3. The molecule has 2 heterocycles. The number of nitrogens with zero attached hydrogens (tertiary/aromatic N) is 5. The standard InChI is InChI=1S/C11H15N7O2/c1-6-8(5-17(2)15-6)11(19)14-10-7(9(12)16-20)4-13-18(10)3/h4-5,20H,1-3H3,(H2,12,16)(H,14,19). The Labute approximate surface area is 114 Å². The molecule has 0 aromatic carbocycles. The van der Waals surface area contributed by atoms with Crippen molar-refractivity contribution in [2.24, 2.45) is 25.0 Å². The van der Waals surface area contributed by atoms with Crippen LogP contribution in [0.2, 0.25) is 0 Å². The Kier molecular flexibility index (Phi) is 3.42. The zero-order valence-electron chi connectivity index (χ0n) is 11.3. The molecule has 0 aliphatic rings. The minimum absolute atomic E-state index is 0.128. The summed E-state index contributed by atoms with van der Waals surface area (Å²) in [7, 11) is 3.37. The van der Waals surface area contributed by atoms with Crippen LogP contribution in [0.15, 0.2) is 17.5 Å². The first-order valence-corrected chi connectivity index (χ1v) is 5.75. The second-order valence-corrected chi connectivity index (χ2v) is 4.27. The molecule has 0 spiro atoms. The second kappa shape index (κ2) is 5.03. The fraction of sp³-hybridized carbons (Fsp3) is 0.273. The topological polar surface area (TPSA) is 123 Å². The van der Waals surface area contributed by atoms with Gasteiger partial charge >= 0.3 is 0 Å². The van der Waals surface area contributed by atoms with Crippen LogP contribution in [0.1, 0.15) is 21.6 Å². The fourth-order valence-corrected chi connectivity index (χ4v) is 1.82. The van der Waals surface area contributed by atoms with E-state index in [0.29, 0.717) is 22.6 Å². The molecule has 0 saturated carbocycles. The lowest BCUT2D eigenvalue weighted by Gasteiger charge is -2.07. The van der Waals surface area contributed by atoms with Crippen LogP contribution in [-0.2, 0) is 14.1 Å². The van der Waals surface area contributed by atoms with Gasteiger partial charge in [0.15, 0.2) is 5.84 Å². The van der Waals surface area contributed by atoms with Crippen molar-refractivity contribution in [2.75, 3.05) is 5.32 Å². The molecule has 0 unspecified atom stereocenters. The van der Waals surface area contributed by atoms with Gasteiger partial charge in [-0.3, -0.25) is 14.2 Å². The maximum absolute atomic E-state index is 12.2. The summed E-state index contributed by atoms with van der Waals surface area (Å²) in [5.41, 5.74) is 6.93. The van der Waals surface area contributed by atoms with Crippen molar-refractivity contribution in [1.29, 1.82) is 0 Å². The number of nitrogens with two attached hydrogens (primary N) is 1. The highest BCUT2D eigenvalue weighted by Crippen LogP contribution is 2.16. The molecule has 9 nitrogen and oxygen atoms in total. The average Bonchev–Trinajstić information content (AvgIpc) is 2.92. The van der Waals surface area contributed by atoms with Gasteiger partial charge in [-0.1, -0.05) is 5.16 Å². The molecule has 2 aromatic heterocycles. The number of carbonyl (C=O) groups is 1. The number of aryl methyl sites for hydroxylation is 3. The molecule has 0 radical (unpaired) electrons. The summed E-state index contributed by atoms with van der Waals surface area (Å²) in [6, 6.07) is 0. The van der Waals surface area contributed by atoms with Crippen LogP contribution in [0.5, 0.6) is 0 Å². The number of hydrogen-bond acceptors (Lipinski definition) is 5. The molecule has 0 bridgehead atoms. The zero-order valence-corrected chi connectivity index (χ0v) is 11.3. The molecule has 0 saturated heterocycles. The first-order valence-electron chi connectivity index (χ1n) is 5.75. The largest absolute Gasteiger partial charge is 0.409 e. The molecule has 20 heavy (non-hydrogen) atoms. The third kappa shape index (κ3) is 2.32. The maximum atomic E-state index is 12.2. The number of nitrogens with one attached hydrogen (secondary N) is 1. The Hall–Kier alpha value is -2.84. The Morgan fingerprint density at radius 2 is 2.15 bits per heavy atom. The SMILES string of the molecule is Cc1nn(C)cc1C(=O)Nc1c(/C(N)=N/O)cnn1C. The Balaban J connectivity index is 2.33. The number of anilines is 1. The Bertz CT molecular complexity index is 683. The van der Waals surface area contributed by atoms with E-state index in [0.717, 1.165) is 0 Å². The summed E-state index contributed by atoms with van der Waals surface area (Å²) in [6.45, 7) is 1.74. The van der Waals surface area contributed by atoms with E-state index in [-0.39, 0.29) is 11.7 Å². The minimum Gasteiger partial charge on any atom is -0.409 e. The number of carbonyl (C=O) groups excluding carboxylic acids is 1. The highest BCUT2D eigenvalue weighted by Gasteiger charge is 2.18. The number of amidine groups is 1. The van der Waals surface area contributed by atoms with Crippen molar-refractivity contribution >= 4 is 17.6 Å². The highest BCUT2D eigenvalue weighted by atomic mass is 16.4. The van der Waals surface area contributed by atoms with Crippen molar-refractivity contribution in [1.82, 2.24) is 19.6 Å². The van der Waals surface area contributed by atoms with Crippen LogP contribution in [-0.4, -0.2) is 36.5 Å². The Morgan fingerprint density at radius 1 is 1.45 bits per heavy atom. The van der Waals surface area contributed by atoms with Gasteiger partial charge in [0.05, 0.1) is 23.0 Å². The van der Waals surface area contributed by atoms with Gasteiger partial charge < -0.3 is 16.3 Å². The normalized spacial score (nSPS) is 11.7. The number of hydrogen-bond donors (Lipinski definition) is 3. The second-order valence-electron chi connectivity index (χ2n) is 4.27. The third-order valence-electron chi connectivity index (χ3n) is 2.81. The summed E-state index contributed by atoms with van der Waals surface area (Å²) in [5, 5.41) is 22.4. The highest BCUT2D eigenvalue weighted by molar-refractivity contribution is 6.09. The first-order chi connectivity index (χ1) is 9.43. The van der Waals surface area contributed by atoms with Gasteiger partial charge in [0, 0.05) is 20.3 Å². The number of oxime groups is 1. The average molecular weight is 277 g/mol. The van der Waals surface area contributed by atoms with Crippen molar-refractivity contribution in [3.05, 3.63) is 29.2 Å². The van der Waals surface area contributed by atoms with Gasteiger partial charge in [-0.05, 0) is 6.92 Å². The van der Waals surface area contributed by atoms with Crippen LogP contribution >= 0.6 is 0 Å². The molecule has 2 aromatic rings. The monoisotopic (exact) mass is 277 g/mol. The van der Waals surface area contributed by atoms with E-state index in [4.69, 9.17) is 10.9 Å². The molecule has 2 rings (SSSR count). The van der Waals surface area contributed by atoms with Gasteiger partial charge in [-0.2, -0.15) is 10.2 Å². The molecule has 9 heteroatoms. The lowest BCUT2D eigenvalue weighted by molar-refractivity contribution is 0.102. The van der Waals surface area contributed by atoms with Crippen LogP contribution in [0, 0.1) is 6.92 Å². The van der Waals surface area contributed by atoms with Gasteiger partial charge in [-0.25, -0.2) is 0 Å². The van der Waals surface area contributed by atoms with E-state index < -0.39 is 0 Å². The minimum atomic E-state index is -0.341. The van der Waals surface area contributed by atoms with E-state index in [1.54, 1.807) is 31.9 Å². The predicted octanol–water partition coefficient (Wildman–Crippen LogP) is -0.191. The Morgan fingerprint density at radius 3 is 2.70 bits per heavy atom. The third-order valence-corrected chi connectivity index (χ3v) is 2.81. The van der Waals surface area contributed by atoms with Crippen LogP contribution in [0.4, 0.5) is 5.82 Å². The lowest BCUT2D eigenvalue weighted by atomic mass is 10.2. The molecule has 0 atom stereocenters. The van der Waals surface area contributed by atoms with Gasteiger partial charge in [0.2, 0.25) is 0 Å². The molecule has 4 N–H and O–H groups in total. The molecule has 1 amide bonds. The molecular weight excluding hydrogens is 262 g/mol. The predicted molar refractivity (Wildman–Crippen MR) is 71.6 cm³/mol. The number of aromatic nitrogens is 4. The van der Waals surface area contributed by atoms with E-state index >= 15 is 0 Å². The molecule has 0 aliphatic carbocycles. The summed E-state index contributed by atoms with van der Waals surface area (Å²) in [4.78, 5) is 12.2. The maximum Gasteiger partial charge on any atom is 0.260 e. The molecule has 0 fully saturated rings. The lowest BCUT2D eigenvalue weighted by Crippen LogP contribution is -2.20. The van der Waals surface area contributed by atoms with Crippen LogP contribution < -0.4 is 11.1 Å². The number of amides is 1. The van der Waals surface area contributed by atoms with Crippen LogP contribution in [0.25, 0.3) is 0 Å². The molecular formula is C11H15N7O2. The van der Waals surface area contributed by atoms with E-state index in [2.05, 4.69) is 20.7 Å². The smallest absolute Gasteiger partial charge is 0.260 e. The van der Waals surface area contributed by atoms with E-state index in [1.165, 1.54) is 10.9 Å². The quantitative estimate of drug-likeness (QED) is 0.310. The van der Waals surface area contributed by atoms with Gasteiger partial charge in [0.25, 0.3) is 5.91 Å². The van der Waals surface area contributed by atoms with Crippen molar-refractivity contribution < 1.29 is 10.0 Å². The summed E-state index contributed by atoms with van der Waals surface area (Å²) < 4.78 is 2.98.